The molecule has 1 N–H and O–H groups in total. The van der Waals surface area contributed by atoms with Crippen molar-refractivity contribution in [3.63, 3.8) is 0 Å². The van der Waals surface area contributed by atoms with E-state index >= 15 is 0 Å². The predicted molar refractivity (Wildman–Crippen MR) is 159 cm³/mol. The van der Waals surface area contributed by atoms with E-state index in [2.05, 4.69) is 97.5 Å². The molecule has 0 radical (unpaired) electrons. The Morgan fingerprint density at radius 2 is 1.46 bits per heavy atom. The van der Waals surface area contributed by atoms with Crippen LogP contribution in [0.15, 0.2) is 115 Å². The summed E-state index contributed by atoms with van der Waals surface area (Å²) < 4.78 is 8.47. The largest absolute Gasteiger partial charge is 0.457 e. The number of carbonyl (C=O) groups is 1. The van der Waals surface area contributed by atoms with Crippen LogP contribution in [0.5, 0.6) is 11.5 Å². The zero-order chi connectivity index (χ0) is 27.2. The van der Waals surface area contributed by atoms with Gasteiger partial charge in [0.15, 0.2) is 0 Å². The summed E-state index contributed by atoms with van der Waals surface area (Å²) in [5.41, 5.74) is 4.60. The maximum atomic E-state index is 13.4. The lowest BCUT2D eigenvalue weighted by atomic mass is 9.87. The van der Waals surface area contributed by atoms with Crippen molar-refractivity contribution >= 4 is 16.8 Å². The highest BCUT2D eigenvalue weighted by Gasteiger charge is 2.24. The second kappa shape index (κ2) is 12.0. The molecule has 4 nitrogen and oxygen atoms in total. The average molecular weight is 517 g/mol. The molecule has 198 valence electrons. The van der Waals surface area contributed by atoms with Gasteiger partial charge in [-0.1, -0.05) is 92.7 Å². The normalized spacial score (nSPS) is 12.8. The fraction of sp³-hybridized carbons (Fsp3) is 0.229. The zero-order valence-electron chi connectivity index (χ0n) is 22.9. The van der Waals surface area contributed by atoms with Crippen LogP contribution in [0, 0.1) is 5.92 Å². The summed E-state index contributed by atoms with van der Waals surface area (Å²) >= 11 is 0. The number of nitrogens with zero attached hydrogens (tertiary/aromatic N) is 1. The molecule has 0 unspecified atom stereocenters. The van der Waals surface area contributed by atoms with E-state index in [0.29, 0.717) is 12.3 Å². The summed E-state index contributed by atoms with van der Waals surface area (Å²) in [6.45, 7) is 7.09. The van der Waals surface area contributed by atoms with E-state index in [4.69, 9.17) is 4.74 Å². The Labute approximate surface area is 231 Å². The van der Waals surface area contributed by atoms with Gasteiger partial charge in [-0.05, 0) is 59.9 Å². The van der Waals surface area contributed by atoms with Crippen molar-refractivity contribution in [1.82, 2.24) is 9.88 Å². The number of hydrogen-bond donors (Lipinski definition) is 1. The minimum atomic E-state index is -0.134. The molecule has 0 aliphatic rings. The number of nitrogens with one attached hydrogen (secondary N) is 1. The molecule has 0 bridgehead atoms. The molecule has 0 saturated carbocycles. The van der Waals surface area contributed by atoms with E-state index < -0.39 is 0 Å². The fourth-order valence-corrected chi connectivity index (χ4v) is 4.96. The first-order valence-electron chi connectivity index (χ1n) is 13.7. The number of aromatic nitrogens is 1. The summed E-state index contributed by atoms with van der Waals surface area (Å²) in [5, 5.41) is 4.39. The third kappa shape index (κ3) is 6.40. The van der Waals surface area contributed by atoms with Gasteiger partial charge >= 0.3 is 0 Å². The van der Waals surface area contributed by atoms with Crippen LogP contribution < -0.4 is 10.1 Å². The minimum Gasteiger partial charge on any atom is -0.457 e. The standard InChI is InChI=1S/C35H36N2O2/c1-25(2)26(3)36-35(38)22-32(28-15-12-18-30(21-28)39-29-16-8-5-9-17-29)33-24-37(23-27-13-6-4-7-14-27)34-20-11-10-19-31(33)34/h4-21,24-26,32H,22-23H2,1-3H3,(H,36,38)/t26-,32+/m0/s1. The number of fused-ring (bicyclic) bond motifs is 1. The predicted octanol–water partition coefficient (Wildman–Crippen LogP) is 8.16. The fourth-order valence-electron chi connectivity index (χ4n) is 4.96. The maximum absolute atomic E-state index is 13.4. The smallest absolute Gasteiger partial charge is 0.221 e. The van der Waals surface area contributed by atoms with Crippen LogP contribution in [0.4, 0.5) is 0 Å². The number of amides is 1. The van der Waals surface area contributed by atoms with Crippen molar-refractivity contribution in [3.05, 3.63) is 132 Å². The molecule has 1 aromatic heterocycles. The number of carbonyl (C=O) groups excluding carboxylic acids is 1. The SMILES string of the molecule is CC(C)[C@H](C)NC(=O)C[C@H](c1cccc(Oc2ccccc2)c1)c1cn(Cc2ccccc2)c2ccccc12. The van der Waals surface area contributed by atoms with E-state index in [1.165, 1.54) is 5.56 Å². The van der Waals surface area contributed by atoms with E-state index in [0.717, 1.165) is 40.1 Å². The Bertz CT molecular complexity index is 1520. The van der Waals surface area contributed by atoms with Crippen LogP contribution in [0.25, 0.3) is 10.9 Å². The monoisotopic (exact) mass is 516 g/mol. The number of rotatable bonds is 10. The van der Waals surface area contributed by atoms with Crippen molar-refractivity contribution < 1.29 is 9.53 Å². The van der Waals surface area contributed by atoms with Crippen molar-refractivity contribution in [2.75, 3.05) is 0 Å². The molecule has 0 saturated heterocycles. The quantitative estimate of drug-likeness (QED) is 0.203. The highest BCUT2D eigenvalue weighted by molar-refractivity contribution is 5.87. The first-order chi connectivity index (χ1) is 19.0. The molecule has 2 atom stereocenters. The second-order valence-electron chi connectivity index (χ2n) is 10.6. The second-order valence-corrected chi connectivity index (χ2v) is 10.6. The van der Waals surface area contributed by atoms with Crippen LogP contribution in [-0.4, -0.2) is 16.5 Å². The molecule has 5 aromatic rings. The summed E-state index contributed by atoms with van der Waals surface area (Å²) in [7, 11) is 0. The van der Waals surface area contributed by atoms with Gasteiger partial charge in [0, 0.05) is 42.0 Å². The lowest BCUT2D eigenvalue weighted by Crippen LogP contribution is -2.36. The Balaban J connectivity index is 1.55. The third-order valence-electron chi connectivity index (χ3n) is 7.41. The molecule has 0 fully saturated rings. The van der Waals surface area contributed by atoms with Crippen LogP contribution >= 0.6 is 0 Å². The van der Waals surface area contributed by atoms with E-state index in [1.54, 1.807) is 0 Å². The van der Waals surface area contributed by atoms with Gasteiger partial charge in [0.1, 0.15) is 11.5 Å². The number of benzene rings is 4. The van der Waals surface area contributed by atoms with Gasteiger partial charge in [0.2, 0.25) is 5.91 Å². The molecule has 0 aliphatic heterocycles. The summed E-state index contributed by atoms with van der Waals surface area (Å²) in [6.07, 6.45) is 2.58. The van der Waals surface area contributed by atoms with Crippen molar-refractivity contribution in [3.8, 4) is 11.5 Å². The molecule has 0 spiro atoms. The molecule has 4 aromatic carbocycles. The summed E-state index contributed by atoms with van der Waals surface area (Å²) in [6, 6.07) is 37.0. The molecule has 4 heteroatoms. The minimum absolute atomic E-state index is 0.0514. The molecule has 0 aliphatic carbocycles. The van der Waals surface area contributed by atoms with Gasteiger partial charge in [-0.15, -0.1) is 0 Å². The van der Waals surface area contributed by atoms with Crippen LogP contribution in [0.2, 0.25) is 0 Å². The van der Waals surface area contributed by atoms with Crippen LogP contribution in [-0.2, 0) is 11.3 Å². The lowest BCUT2D eigenvalue weighted by molar-refractivity contribution is -0.122. The van der Waals surface area contributed by atoms with Crippen LogP contribution in [0.1, 0.15) is 49.8 Å². The van der Waals surface area contributed by atoms with Crippen LogP contribution in [0.3, 0.4) is 0 Å². The third-order valence-corrected chi connectivity index (χ3v) is 7.41. The Morgan fingerprint density at radius 1 is 0.795 bits per heavy atom. The number of hydrogen-bond acceptors (Lipinski definition) is 2. The molecule has 1 amide bonds. The Morgan fingerprint density at radius 3 is 2.21 bits per heavy atom. The lowest BCUT2D eigenvalue weighted by Gasteiger charge is -2.22. The van der Waals surface area contributed by atoms with Gasteiger partial charge < -0.3 is 14.6 Å². The summed E-state index contributed by atoms with van der Waals surface area (Å²) in [4.78, 5) is 13.4. The number of para-hydroxylation sites is 2. The van der Waals surface area contributed by atoms with E-state index in [9.17, 15) is 4.79 Å². The molecular formula is C35H36N2O2. The highest BCUT2D eigenvalue weighted by Crippen LogP contribution is 2.37. The van der Waals surface area contributed by atoms with Gasteiger partial charge in [-0.3, -0.25) is 4.79 Å². The van der Waals surface area contributed by atoms with E-state index in [1.807, 2.05) is 48.5 Å². The average Bonchev–Trinajstić information content (AvgIpc) is 3.31. The Hall–Kier alpha value is -4.31. The Kier molecular flexibility index (Phi) is 8.12. The first kappa shape index (κ1) is 26.3. The molecule has 39 heavy (non-hydrogen) atoms. The maximum Gasteiger partial charge on any atom is 0.221 e. The van der Waals surface area contributed by atoms with Gasteiger partial charge in [-0.2, -0.15) is 0 Å². The van der Waals surface area contributed by atoms with Gasteiger partial charge in [-0.25, -0.2) is 0 Å². The topological polar surface area (TPSA) is 43.3 Å². The first-order valence-corrected chi connectivity index (χ1v) is 13.7. The number of ether oxygens (including phenoxy) is 1. The van der Waals surface area contributed by atoms with Crippen molar-refractivity contribution in [2.24, 2.45) is 5.92 Å². The summed E-state index contributed by atoms with van der Waals surface area (Å²) in [5.74, 6) is 1.82. The zero-order valence-corrected chi connectivity index (χ0v) is 22.9. The molecular weight excluding hydrogens is 480 g/mol. The molecule has 1 heterocycles. The van der Waals surface area contributed by atoms with Gasteiger partial charge in [0.25, 0.3) is 0 Å². The van der Waals surface area contributed by atoms with Gasteiger partial charge in [0.05, 0.1) is 0 Å². The van der Waals surface area contributed by atoms with E-state index in [-0.39, 0.29) is 17.9 Å². The van der Waals surface area contributed by atoms with Crippen molar-refractivity contribution in [1.29, 1.82) is 0 Å². The van der Waals surface area contributed by atoms with Crippen molar-refractivity contribution in [2.45, 2.75) is 45.7 Å². The highest BCUT2D eigenvalue weighted by atomic mass is 16.5. The molecule has 5 rings (SSSR count).